The Morgan fingerprint density at radius 1 is 1.50 bits per heavy atom. The van der Waals surface area contributed by atoms with Crippen LogP contribution in [0.5, 0.6) is 0 Å². The topological polar surface area (TPSA) is 55.1 Å². The number of carbonyl (C=O) groups excluding carboxylic acids is 1. The van der Waals surface area contributed by atoms with Crippen LogP contribution >= 0.6 is 15.9 Å². The predicted octanol–water partition coefficient (Wildman–Crippen LogP) is 3.41. The molecule has 0 aliphatic heterocycles. The van der Waals surface area contributed by atoms with Crippen molar-refractivity contribution in [2.45, 2.75) is 27.2 Å². The minimum absolute atomic E-state index is 0.0102. The summed E-state index contributed by atoms with van der Waals surface area (Å²) in [5.41, 5.74) is 6.66. The van der Waals surface area contributed by atoms with Gasteiger partial charge in [-0.1, -0.05) is 36.7 Å². The van der Waals surface area contributed by atoms with Gasteiger partial charge in [-0.15, -0.1) is 0 Å². The van der Waals surface area contributed by atoms with E-state index in [1.165, 1.54) is 0 Å². The lowest BCUT2D eigenvalue weighted by atomic mass is 9.89. The fraction of sp³-hybridized carbons (Fsp3) is 0.417. The summed E-state index contributed by atoms with van der Waals surface area (Å²) in [7, 11) is 0. The molecule has 1 aromatic carbocycles. The van der Waals surface area contributed by atoms with E-state index in [1.807, 2.05) is 26.8 Å². The molecule has 0 saturated carbocycles. The summed E-state index contributed by atoms with van der Waals surface area (Å²) in [6.07, 6.45) is 0.787. The zero-order valence-corrected chi connectivity index (χ0v) is 11.4. The second kappa shape index (κ2) is 4.87. The van der Waals surface area contributed by atoms with E-state index in [0.29, 0.717) is 11.4 Å². The highest BCUT2D eigenvalue weighted by atomic mass is 79.9. The zero-order chi connectivity index (χ0) is 12.3. The molecular weight excluding hydrogens is 268 g/mol. The second-order valence-electron chi connectivity index (χ2n) is 4.42. The minimum Gasteiger partial charge on any atom is -0.397 e. The zero-order valence-electron chi connectivity index (χ0n) is 9.80. The first kappa shape index (κ1) is 13.0. The highest BCUT2D eigenvalue weighted by Crippen LogP contribution is 2.26. The number of nitrogen functional groups attached to an aromatic ring is 1. The van der Waals surface area contributed by atoms with Gasteiger partial charge in [-0.05, 0) is 24.6 Å². The van der Waals surface area contributed by atoms with Gasteiger partial charge in [0.2, 0.25) is 5.91 Å². The van der Waals surface area contributed by atoms with Crippen molar-refractivity contribution in [1.29, 1.82) is 0 Å². The summed E-state index contributed by atoms with van der Waals surface area (Å²) in [4.78, 5) is 11.9. The van der Waals surface area contributed by atoms with Gasteiger partial charge in [0.1, 0.15) is 0 Å². The number of hydrogen-bond donors (Lipinski definition) is 2. The molecule has 0 aromatic heterocycles. The van der Waals surface area contributed by atoms with Crippen molar-refractivity contribution in [1.82, 2.24) is 0 Å². The molecule has 0 unspecified atom stereocenters. The maximum Gasteiger partial charge on any atom is 0.230 e. The molecule has 4 heteroatoms. The number of anilines is 2. The van der Waals surface area contributed by atoms with Gasteiger partial charge in [-0.2, -0.15) is 0 Å². The molecule has 0 spiro atoms. The maximum atomic E-state index is 11.9. The Morgan fingerprint density at radius 3 is 2.62 bits per heavy atom. The van der Waals surface area contributed by atoms with Crippen LogP contribution in [0.1, 0.15) is 27.2 Å². The molecule has 0 saturated heterocycles. The van der Waals surface area contributed by atoms with E-state index in [2.05, 4.69) is 21.2 Å². The summed E-state index contributed by atoms with van der Waals surface area (Å²) in [5, 5.41) is 2.84. The molecule has 0 atom stereocenters. The van der Waals surface area contributed by atoms with Gasteiger partial charge in [0, 0.05) is 9.89 Å². The summed E-state index contributed by atoms with van der Waals surface area (Å²) < 4.78 is 0.901. The average molecular weight is 285 g/mol. The largest absolute Gasteiger partial charge is 0.397 e. The Morgan fingerprint density at radius 2 is 2.12 bits per heavy atom. The van der Waals surface area contributed by atoms with Crippen LogP contribution in [-0.2, 0) is 4.79 Å². The number of nitrogens with one attached hydrogen (secondary N) is 1. The van der Waals surface area contributed by atoms with E-state index >= 15 is 0 Å². The lowest BCUT2D eigenvalue weighted by Crippen LogP contribution is -2.30. The first-order chi connectivity index (χ1) is 7.36. The van der Waals surface area contributed by atoms with Crippen LogP contribution in [0.3, 0.4) is 0 Å². The molecular formula is C12H17BrN2O. The number of amides is 1. The molecule has 0 radical (unpaired) electrons. The van der Waals surface area contributed by atoms with Crippen molar-refractivity contribution >= 4 is 33.2 Å². The summed E-state index contributed by atoms with van der Waals surface area (Å²) in [6, 6.07) is 5.42. The number of carbonyl (C=O) groups is 1. The van der Waals surface area contributed by atoms with E-state index in [9.17, 15) is 4.79 Å². The Hall–Kier alpha value is -1.03. The fourth-order valence-corrected chi connectivity index (χ4v) is 1.48. The van der Waals surface area contributed by atoms with Gasteiger partial charge in [-0.3, -0.25) is 4.79 Å². The van der Waals surface area contributed by atoms with Crippen LogP contribution in [0.15, 0.2) is 22.7 Å². The lowest BCUT2D eigenvalue weighted by Gasteiger charge is -2.22. The number of rotatable bonds is 3. The van der Waals surface area contributed by atoms with Crippen molar-refractivity contribution in [2.24, 2.45) is 5.41 Å². The quantitative estimate of drug-likeness (QED) is 0.836. The van der Waals surface area contributed by atoms with Gasteiger partial charge >= 0.3 is 0 Å². The Kier molecular flexibility index (Phi) is 3.97. The van der Waals surface area contributed by atoms with Crippen molar-refractivity contribution in [3.8, 4) is 0 Å². The number of nitrogens with two attached hydrogens (primary N) is 1. The van der Waals surface area contributed by atoms with E-state index in [1.54, 1.807) is 12.1 Å². The van der Waals surface area contributed by atoms with Crippen LogP contribution in [-0.4, -0.2) is 5.91 Å². The molecule has 1 aromatic rings. The summed E-state index contributed by atoms with van der Waals surface area (Å²) in [6.45, 7) is 5.82. The van der Waals surface area contributed by atoms with Gasteiger partial charge in [0.25, 0.3) is 0 Å². The predicted molar refractivity (Wildman–Crippen MR) is 71.3 cm³/mol. The van der Waals surface area contributed by atoms with E-state index in [-0.39, 0.29) is 11.3 Å². The third-order valence-electron chi connectivity index (χ3n) is 2.76. The maximum absolute atomic E-state index is 11.9. The number of benzene rings is 1. The van der Waals surface area contributed by atoms with Crippen molar-refractivity contribution < 1.29 is 4.79 Å². The average Bonchev–Trinajstić information content (AvgIpc) is 2.22. The SMILES string of the molecule is CCC(C)(C)C(=O)Nc1ccc(Br)cc1N. The van der Waals surface area contributed by atoms with E-state index in [0.717, 1.165) is 10.9 Å². The van der Waals surface area contributed by atoms with Gasteiger partial charge in [-0.25, -0.2) is 0 Å². The fourth-order valence-electron chi connectivity index (χ4n) is 1.10. The third-order valence-corrected chi connectivity index (χ3v) is 3.25. The molecule has 0 aliphatic carbocycles. The second-order valence-corrected chi connectivity index (χ2v) is 5.34. The molecule has 16 heavy (non-hydrogen) atoms. The van der Waals surface area contributed by atoms with Crippen LogP contribution in [0.2, 0.25) is 0 Å². The van der Waals surface area contributed by atoms with Crippen molar-refractivity contribution in [2.75, 3.05) is 11.1 Å². The van der Waals surface area contributed by atoms with Gasteiger partial charge in [0.05, 0.1) is 11.4 Å². The Bertz CT molecular complexity index is 402. The molecule has 0 aliphatic rings. The van der Waals surface area contributed by atoms with Crippen LogP contribution < -0.4 is 11.1 Å². The smallest absolute Gasteiger partial charge is 0.230 e. The van der Waals surface area contributed by atoms with Crippen molar-refractivity contribution in [3.05, 3.63) is 22.7 Å². The molecule has 0 fully saturated rings. The molecule has 0 bridgehead atoms. The van der Waals surface area contributed by atoms with Crippen LogP contribution in [0.4, 0.5) is 11.4 Å². The molecule has 0 heterocycles. The normalized spacial score (nSPS) is 11.2. The van der Waals surface area contributed by atoms with Crippen molar-refractivity contribution in [3.63, 3.8) is 0 Å². The highest BCUT2D eigenvalue weighted by molar-refractivity contribution is 9.10. The first-order valence-corrected chi connectivity index (χ1v) is 6.02. The highest BCUT2D eigenvalue weighted by Gasteiger charge is 2.25. The lowest BCUT2D eigenvalue weighted by molar-refractivity contribution is -0.124. The standard InChI is InChI=1S/C12H17BrN2O/c1-4-12(2,3)11(16)15-10-6-5-8(13)7-9(10)14/h5-7H,4,14H2,1-3H3,(H,15,16). The number of halogens is 1. The Labute approximate surface area is 105 Å². The minimum atomic E-state index is -0.375. The van der Waals surface area contributed by atoms with Gasteiger partial charge < -0.3 is 11.1 Å². The third kappa shape index (κ3) is 2.98. The van der Waals surface area contributed by atoms with Crippen LogP contribution in [0.25, 0.3) is 0 Å². The van der Waals surface area contributed by atoms with E-state index in [4.69, 9.17) is 5.73 Å². The molecule has 3 N–H and O–H groups in total. The Balaban J connectivity index is 2.85. The summed E-state index contributed by atoms with van der Waals surface area (Å²) in [5.74, 6) is -0.0102. The van der Waals surface area contributed by atoms with Crippen LogP contribution in [0, 0.1) is 5.41 Å². The number of hydrogen-bond acceptors (Lipinski definition) is 2. The van der Waals surface area contributed by atoms with E-state index < -0.39 is 0 Å². The molecule has 3 nitrogen and oxygen atoms in total. The van der Waals surface area contributed by atoms with Gasteiger partial charge in [0.15, 0.2) is 0 Å². The first-order valence-electron chi connectivity index (χ1n) is 5.23. The molecule has 1 rings (SSSR count). The molecule has 88 valence electrons. The summed E-state index contributed by atoms with van der Waals surface area (Å²) >= 11 is 3.32. The molecule has 1 amide bonds. The monoisotopic (exact) mass is 284 g/mol.